The summed E-state index contributed by atoms with van der Waals surface area (Å²) in [4.78, 5) is 41.0. The van der Waals surface area contributed by atoms with E-state index in [4.69, 9.17) is 4.74 Å². The molecule has 7 heteroatoms. The summed E-state index contributed by atoms with van der Waals surface area (Å²) in [6.07, 6.45) is 7.09. The van der Waals surface area contributed by atoms with Crippen molar-refractivity contribution in [2.24, 2.45) is 17.3 Å². The molecule has 0 radical (unpaired) electrons. The molecule has 2 heterocycles. The summed E-state index contributed by atoms with van der Waals surface area (Å²) in [5, 5.41) is 12.7. The number of cyclic esters (lactones) is 1. The van der Waals surface area contributed by atoms with Gasteiger partial charge in [-0.1, -0.05) is 63.3 Å². The van der Waals surface area contributed by atoms with Crippen LogP contribution in [0.3, 0.4) is 0 Å². The fourth-order valence-electron chi connectivity index (χ4n) is 4.73. The quantitative estimate of drug-likeness (QED) is 0.494. The maximum Gasteiger partial charge on any atom is 0.309 e. The Balaban J connectivity index is 1.78. The van der Waals surface area contributed by atoms with Crippen LogP contribution in [-0.4, -0.2) is 59.6 Å². The van der Waals surface area contributed by atoms with Gasteiger partial charge in [-0.15, -0.1) is 0 Å². The van der Waals surface area contributed by atoms with Crippen molar-refractivity contribution in [3.8, 4) is 0 Å². The van der Waals surface area contributed by atoms with Crippen LogP contribution in [0.1, 0.15) is 58.4 Å². The lowest BCUT2D eigenvalue weighted by Crippen LogP contribution is -2.50. The van der Waals surface area contributed by atoms with Gasteiger partial charge in [0.25, 0.3) is 0 Å². The van der Waals surface area contributed by atoms with E-state index in [1.165, 1.54) is 0 Å². The number of nitrogens with zero attached hydrogens (tertiary/aromatic N) is 1. The highest BCUT2D eigenvalue weighted by atomic mass is 16.5. The number of esters is 1. The highest BCUT2D eigenvalue weighted by Crippen LogP contribution is 2.25. The van der Waals surface area contributed by atoms with Crippen molar-refractivity contribution >= 4 is 17.8 Å². The van der Waals surface area contributed by atoms with Crippen LogP contribution in [0, 0.1) is 17.3 Å². The Morgan fingerprint density at radius 1 is 1.11 bits per heavy atom. The molecule has 0 spiro atoms. The number of nitrogens with one attached hydrogen (secondary N) is 1. The molecule has 2 N–H and O–H groups in total. The summed E-state index contributed by atoms with van der Waals surface area (Å²) in [5.74, 6) is -1.41. The third-order valence-electron chi connectivity index (χ3n) is 7.12. The molecular formula is C28H40N2O5. The molecule has 4 atom stereocenters. The van der Waals surface area contributed by atoms with Crippen LogP contribution in [-0.2, 0) is 25.5 Å². The van der Waals surface area contributed by atoms with E-state index in [1.54, 1.807) is 4.90 Å². The Hall–Kier alpha value is -2.67. The summed E-state index contributed by atoms with van der Waals surface area (Å²) in [5.41, 5.74) is 0.735. The van der Waals surface area contributed by atoms with E-state index in [0.29, 0.717) is 25.8 Å². The number of rotatable bonds is 5. The molecule has 1 aromatic rings. The van der Waals surface area contributed by atoms with Crippen LogP contribution in [0.2, 0.25) is 0 Å². The molecule has 2 amide bonds. The number of allylic oxidation sites excluding steroid dienone is 2. The average Bonchev–Trinajstić information content (AvgIpc) is 3.30. The number of ether oxygens (including phenoxy) is 1. The van der Waals surface area contributed by atoms with E-state index in [-0.39, 0.29) is 60.8 Å². The first-order valence-electron chi connectivity index (χ1n) is 12.7. The van der Waals surface area contributed by atoms with Crippen molar-refractivity contribution in [3.05, 3.63) is 48.0 Å². The Morgan fingerprint density at radius 3 is 2.46 bits per heavy atom. The summed E-state index contributed by atoms with van der Waals surface area (Å²) in [6, 6.07) is 9.34. The Bertz CT molecular complexity index is 892. The molecule has 1 aromatic carbocycles. The molecule has 0 unspecified atom stereocenters. The zero-order valence-corrected chi connectivity index (χ0v) is 21.2. The van der Waals surface area contributed by atoms with E-state index >= 15 is 0 Å². The van der Waals surface area contributed by atoms with Crippen LogP contribution >= 0.6 is 0 Å². The number of aliphatic hydroxyl groups excluding tert-OH is 1. The Morgan fingerprint density at radius 2 is 1.80 bits per heavy atom. The first-order chi connectivity index (χ1) is 16.7. The molecular weight excluding hydrogens is 444 g/mol. The molecule has 2 aliphatic rings. The minimum Gasteiger partial charge on any atom is -0.463 e. The van der Waals surface area contributed by atoms with Crippen LogP contribution < -0.4 is 5.32 Å². The molecule has 0 aromatic heterocycles. The summed E-state index contributed by atoms with van der Waals surface area (Å²) in [7, 11) is 0. The highest BCUT2D eigenvalue weighted by molar-refractivity contribution is 5.86. The standard InChI is InChI=1S/C28H40N2O5/c1-28(2,3)24-19-35-27(34)22(16-20-10-5-4-6-11-20)13-8-7-12-21(26(33)29-24)17-25(32)30-15-9-14-23(30)18-31/h4-8,10-11,21-24,31H,9,12-19H2,1-3H3,(H,29,33)/t21-,22-,23+,24-/m1/s1. The van der Waals surface area contributed by atoms with E-state index in [0.717, 1.165) is 18.4 Å². The van der Waals surface area contributed by atoms with Crippen molar-refractivity contribution in [1.29, 1.82) is 0 Å². The zero-order chi connectivity index (χ0) is 25.4. The largest absolute Gasteiger partial charge is 0.463 e. The van der Waals surface area contributed by atoms with Gasteiger partial charge in [-0.3, -0.25) is 14.4 Å². The summed E-state index contributed by atoms with van der Waals surface area (Å²) >= 11 is 0. The molecule has 1 fully saturated rings. The lowest BCUT2D eigenvalue weighted by Gasteiger charge is -2.33. The minimum absolute atomic E-state index is 0.0528. The van der Waals surface area contributed by atoms with Crippen molar-refractivity contribution in [1.82, 2.24) is 10.2 Å². The van der Waals surface area contributed by atoms with Gasteiger partial charge in [-0.05, 0) is 43.1 Å². The monoisotopic (exact) mass is 484 g/mol. The average molecular weight is 485 g/mol. The Labute approximate surface area is 208 Å². The molecule has 3 rings (SSSR count). The van der Waals surface area contributed by atoms with Gasteiger partial charge in [0.15, 0.2) is 0 Å². The number of aliphatic hydroxyl groups is 1. The molecule has 0 aliphatic carbocycles. The highest BCUT2D eigenvalue weighted by Gasteiger charge is 2.34. The lowest BCUT2D eigenvalue weighted by atomic mass is 9.86. The van der Waals surface area contributed by atoms with E-state index in [1.807, 2.05) is 63.3 Å². The van der Waals surface area contributed by atoms with Gasteiger partial charge in [-0.2, -0.15) is 0 Å². The number of amides is 2. The van der Waals surface area contributed by atoms with Gasteiger partial charge in [0.1, 0.15) is 6.61 Å². The number of likely N-dealkylation sites (tertiary alicyclic amines) is 1. The first kappa shape index (κ1) is 26.9. The molecule has 35 heavy (non-hydrogen) atoms. The van der Waals surface area contributed by atoms with Gasteiger partial charge < -0.3 is 20.1 Å². The second-order valence-electron chi connectivity index (χ2n) is 10.9. The normalized spacial score (nSPS) is 26.5. The summed E-state index contributed by atoms with van der Waals surface area (Å²) in [6.45, 7) is 6.64. The molecule has 192 valence electrons. The SMILES string of the molecule is CC(C)(C)[C@H]1COC(=O)[C@@H](Cc2ccccc2)CC=CC[C@H](CC(=O)N2CCC[C@H]2CO)C(=O)N1. The first-order valence-corrected chi connectivity index (χ1v) is 12.7. The predicted octanol–water partition coefficient (Wildman–Crippen LogP) is 3.26. The third-order valence-corrected chi connectivity index (χ3v) is 7.12. The fraction of sp³-hybridized carbons (Fsp3) is 0.607. The Kier molecular flexibility index (Phi) is 9.49. The smallest absolute Gasteiger partial charge is 0.309 e. The zero-order valence-electron chi connectivity index (χ0n) is 21.2. The van der Waals surface area contributed by atoms with E-state index in [9.17, 15) is 19.5 Å². The van der Waals surface area contributed by atoms with Crippen molar-refractivity contribution in [2.45, 2.75) is 71.4 Å². The maximum atomic E-state index is 13.3. The fourth-order valence-corrected chi connectivity index (χ4v) is 4.73. The number of hydrogen-bond acceptors (Lipinski definition) is 5. The third kappa shape index (κ3) is 7.66. The van der Waals surface area contributed by atoms with Crippen LogP contribution in [0.5, 0.6) is 0 Å². The molecule has 7 nitrogen and oxygen atoms in total. The maximum absolute atomic E-state index is 13.3. The number of hydrogen-bond donors (Lipinski definition) is 2. The lowest BCUT2D eigenvalue weighted by molar-refractivity contribution is -0.151. The van der Waals surface area contributed by atoms with Gasteiger partial charge in [-0.25, -0.2) is 0 Å². The van der Waals surface area contributed by atoms with Crippen molar-refractivity contribution in [2.75, 3.05) is 19.8 Å². The molecule has 0 bridgehead atoms. The van der Waals surface area contributed by atoms with Crippen LogP contribution in [0.25, 0.3) is 0 Å². The van der Waals surface area contributed by atoms with Crippen molar-refractivity contribution in [3.63, 3.8) is 0 Å². The number of carbonyl (C=O) groups is 3. The second-order valence-corrected chi connectivity index (χ2v) is 10.9. The van der Waals surface area contributed by atoms with Gasteiger partial charge in [0, 0.05) is 13.0 Å². The van der Waals surface area contributed by atoms with Gasteiger partial charge in [0.05, 0.1) is 30.5 Å². The van der Waals surface area contributed by atoms with Crippen LogP contribution in [0.15, 0.2) is 42.5 Å². The van der Waals surface area contributed by atoms with Crippen LogP contribution in [0.4, 0.5) is 0 Å². The van der Waals surface area contributed by atoms with Gasteiger partial charge >= 0.3 is 5.97 Å². The minimum atomic E-state index is -0.522. The number of carbonyl (C=O) groups excluding carboxylic acids is 3. The predicted molar refractivity (Wildman–Crippen MR) is 134 cm³/mol. The molecule has 0 saturated carbocycles. The number of benzene rings is 1. The van der Waals surface area contributed by atoms with Crippen molar-refractivity contribution < 1.29 is 24.2 Å². The molecule has 2 aliphatic heterocycles. The van der Waals surface area contributed by atoms with Gasteiger partial charge in [0.2, 0.25) is 11.8 Å². The summed E-state index contributed by atoms with van der Waals surface area (Å²) < 4.78 is 5.72. The van der Waals surface area contributed by atoms with E-state index < -0.39 is 5.92 Å². The topological polar surface area (TPSA) is 95.9 Å². The molecule has 1 saturated heterocycles. The van der Waals surface area contributed by atoms with E-state index in [2.05, 4.69) is 5.32 Å². The second kappa shape index (κ2) is 12.3.